The molecule has 0 radical (unpaired) electrons. The first-order valence-corrected chi connectivity index (χ1v) is 5.44. The second-order valence-corrected chi connectivity index (χ2v) is 4.58. The highest BCUT2D eigenvalue weighted by atomic mass is 35.5. The van der Waals surface area contributed by atoms with Crippen LogP contribution in [-0.4, -0.2) is 5.11 Å². The highest BCUT2D eigenvalue weighted by Crippen LogP contribution is 2.26. The molecule has 2 heterocycles. The molecule has 2 aromatic heterocycles. The standard InChI is InChI=1S/C10H9ClO2S/c11-10-4-8(6-14-10)9(12)3-7-1-2-13-5-7/h1-2,4-6,9,12H,3H2. The first-order chi connectivity index (χ1) is 6.75. The molecule has 0 aliphatic carbocycles. The van der Waals surface area contributed by atoms with Gasteiger partial charge in [0.15, 0.2) is 0 Å². The molecule has 2 rings (SSSR count). The number of rotatable bonds is 3. The van der Waals surface area contributed by atoms with Gasteiger partial charge in [0.05, 0.1) is 23.0 Å². The minimum Gasteiger partial charge on any atom is -0.472 e. The van der Waals surface area contributed by atoms with Crippen LogP contribution in [0.25, 0.3) is 0 Å². The molecule has 0 saturated carbocycles. The molecule has 0 aromatic carbocycles. The molecule has 0 saturated heterocycles. The first-order valence-electron chi connectivity index (χ1n) is 4.19. The zero-order valence-corrected chi connectivity index (χ0v) is 8.89. The Morgan fingerprint density at radius 2 is 2.43 bits per heavy atom. The lowest BCUT2D eigenvalue weighted by molar-refractivity contribution is 0.178. The highest BCUT2D eigenvalue weighted by Gasteiger charge is 2.10. The number of furan rings is 1. The molecular formula is C10H9ClO2S. The van der Waals surface area contributed by atoms with E-state index in [1.54, 1.807) is 18.6 Å². The minimum absolute atomic E-state index is 0.503. The minimum atomic E-state index is -0.503. The van der Waals surface area contributed by atoms with Crippen LogP contribution in [0, 0.1) is 0 Å². The van der Waals surface area contributed by atoms with Crippen LogP contribution >= 0.6 is 22.9 Å². The van der Waals surface area contributed by atoms with Gasteiger partial charge in [0.2, 0.25) is 0 Å². The Labute approximate surface area is 90.8 Å². The maximum absolute atomic E-state index is 9.81. The fourth-order valence-electron chi connectivity index (χ4n) is 1.25. The van der Waals surface area contributed by atoms with E-state index in [0.29, 0.717) is 10.8 Å². The molecule has 14 heavy (non-hydrogen) atoms. The summed E-state index contributed by atoms with van der Waals surface area (Å²) in [5.41, 5.74) is 1.85. The summed E-state index contributed by atoms with van der Waals surface area (Å²) in [4.78, 5) is 0. The van der Waals surface area contributed by atoms with E-state index < -0.39 is 6.10 Å². The number of thiophene rings is 1. The number of hydrogen-bond acceptors (Lipinski definition) is 3. The molecule has 0 aliphatic rings. The fourth-order valence-corrected chi connectivity index (χ4v) is 2.19. The van der Waals surface area contributed by atoms with Crippen LogP contribution in [0.4, 0.5) is 0 Å². The fraction of sp³-hybridized carbons (Fsp3) is 0.200. The van der Waals surface area contributed by atoms with Crippen LogP contribution in [0.15, 0.2) is 34.5 Å². The second kappa shape index (κ2) is 4.17. The van der Waals surface area contributed by atoms with Gasteiger partial charge in [0.25, 0.3) is 0 Å². The Morgan fingerprint density at radius 3 is 3.00 bits per heavy atom. The van der Waals surface area contributed by atoms with Crippen molar-refractivity contribution in [3.8, 4) is 0 Å². The Morgan fingerprint density at radius 1 is 1.57 bits per heavy atom. The van der Waals surface area contributed by atoms with Gasteiger partial charge in [0, 0.05) is 6.42 Å². The van der Waals surface area contributed by atoms with Gasteiger partial charge in [-0.2, -0.15) is 0 Å². The maximum Gasteiger partial charge on any atom is 0.0935 e. The summed E-state index contributed by atoms with van der Waals surface area (Å²) in [6, 6.07) is 3.63. The van der Waals surface area contributed by atoms with Crippen molar-refractivity contribution in [2.24, 2.45) is 0 Å². The molecule has 0 bridgehead atoms. The van der Waals surface area contributed by atoms with E-state index in [9.17, 15) is 5.11 Å². The van der Waals surface area contributed by atoms with Crippen molar-refractivity contribution < 1.29 is 9.52 Å². The summed E-state index contributed by atoms with van der Waals surface area (Å²) in [7, 11) is 0. The van der Waals surface area contributed by atoms with Crippen LogP contribution in [0.2, 0.25) is 4.34 Å². The quantitative estimate of drug-likeness (QED) is 0.875. The zero-order valence-electron chi connectivity index (χ0n) is 7.31. The van der Waals surface area contributed by atoms with Crippen LogP contribution in [0.1, 0.15) is 17.2 Å². The molecule has 0 spiro atoms. The molecule has 0 aliphatic heterocycles. The summed E-state index contributed by atoms with van der Waals surface area (Å²) in [5, 5.41) is 11.7. The number of aliphatic hydroxyl groups is 1. The van der Waals surface area contributed by atoms with Gasteiger partial charge in [0.1, 0.15) is 0 Å². The first kappa shape index (κ1) is 9.77. The van der Waals surface area contributed by atoms with Crippen molar-refractivity contribution in [1.29, 1.82) is 0 Å². The number of hydrogen-bond donors (Lipinski definition) is 1. The predicted octanol–water partition coefficient (Wildman–Crippen LogP) is 3.27. The van der Waals surface area contributed by atoms with Crippen molar-refractivity contribution in [2.75, 3.05) is 0 Å². The van der Waals surface area contributed by atoms with Crippen molar-refractivity contribution >= 4 is 22.9 Å². The molecule has 74 valence electrons. The third kappa shape index (κ3) is 2.18. The topological polar surface area (TPSA) is 33.4 Å². The average molecular weight is 229 g/mol. The lowest BCUT2D eigenvalue weighted by atomic mass is 10.1. The monoisotopic (exact) mass is 228 g/mol. The van der Waals surface area contributed by atoms with Gasteiger partial charge < -0.3 is 9.52 Å². The van der Waals surface area contributed by atoms with E-state index >= 15 is 0 Å². The van der Waals surface area contributed by atoms with Crippen molar-refractivity contribution in [3.63, 3.8) is 0 Å². The van der Waals surface area contributed by atoms with Gasteiger partial charge in [-0.25, -0.2) is 0 Å². The molecule has 0 amide bonds. The molecule has 0 fully saturated rings. The summed E-state index contributed by atoms with van der Waals surface area (Å²) in [5.74, 6) is 0. The van der Waals surface area contributed by atoms with E-state index in [1.165, 1.54) is 11.3 Å². The van der Waals surface area contributed by atoms with Gasteiger partial charge in [-0.1, -0.05) is 11.6 Å². The number of halogens is 1. The molecule has 4 heteroatoms. The predicted molar refractivity (Wildman–Crippen MR) is 56.7 cm³/mol. The SMILES string of the molecule is OC(Cc1ccoc1)c1csc(Cl)c1. The Kier molecular flexibility index (Phi) is 2.91. The zero-order chi connectivity index (χ0) is 9.97. The van der Waals surface area contributed by atoms with Gasteiger partial charge in [-0.3, -0.25) is 0 Å². The Hall–Kier alpha value is -0.770. The van der Waals surface area contributed by atoms with Crippen LogP contribution < -0.4 is 0 Å². The van der Waals surface area contributed by atoms with Crippen LogP contribution in [0.5, 0.6) is 0 Å². The van der Waals surface area contributed by atoms with Crippen LogP contribution in [0.3, 0.4) is 0 Å². The van der Waals surface area contributed by atoms with E-state index in [2.05, 4.69) is 0 Å². The third-order valence-electron chi connectivity index (χ3n) is 1.98. The largest absolute Gasteiger partial charge is 0.472 e. The van der Waals surface area contributed by atoms with E-state index in [-0.39, 0.29) is 0 Å². The molecule has 2 aromatic rings. The van der Waals surface area contributed by atoms with E-state index in [1.807, 2.05) is 11.4 Å². The molecule has 1 atom stereocenters. The third-order valence-corrected chi connectivity index (χ3v) is 3.09. The molecular weight excluding hydrogens is 220 g/mol. The smallest absolute Gasteiger partial charge is 0.0935 e. The summed E-state index contributed by atoms with van der Waals surface area (Å²) in [6.07, 6.45) is 3.29. The van der Waals surface area contributed by atoms with E-state index in [0.717, 1.165) is 11.1 Å². The van der Waals surface area contributed by atoms with Gasteiger partial charge in [-0.05, 0) is 28.6 Å². The summed E-state index contributed by atoms with van der Waals surface area (Å²) >= 11 is 7.20. The van der Waals surface area contributed by atoms with Gasteiger partial charge >= 0.3 is 0 Å². The lowest BCUT2D eigenvalue weighted by Crippen LogP contribution is -1.98. The second-order valence-electron chi connectivity index (χ2n) is 3.04. The normalized spacial score (nSPS) is 13.0. The lowest BCUT2D eigenvalue weighted by Gasteiger charge is -2.05. The van der Waals surface area contributed by atoms with Gasteiger partial charge in [-0.15, -0.1) is 11.3 Å². The summed E-state index contributed by atoms with van der Waals surface area (Å²) < 4.78 is 5.62. The maximum atomic E-state index is 9.81. The summed E-state index contributed by atoms with van der Waals surface area (Å²) in [6.45, 7) is 0. The Balaban J connectivity index is 2.06. The Bertz CT molecular complexity index is 394. The molecule has 1 unspecified atom stereocenters. The highest BCUT2D eigenvalue weighted by molar-refractivity contribution is 7.14. The average Bonchev–Trinajstić information content (AvgIpc) is 2.75. The van der Waals surface area contributed by atoms with Crippen molar-refractivity contribution in [3.05, 3.63) is 45.5 Å². The number of aliphatic hydroxyl groups excluding tert-OH is 1. The molecule has 1 N–H and O–H groups in total. The van der Waals surface area contributed by atoms with Crippen molar-refractivity contribution in [2.45, 2.75) is 12.5 Å². The molecule has 2 nitrogen and oxygen atoms in total. The van der Waals surface area contributed by atoms with Crippen LogP contribution in [-0.2, 0) is 6.42 Å². The van der Waals surface area contributed by atoms with E-state index in [4.69, 9.17) is 16.0 Å². The van der Waals surface area contributed by atoms with Crippen molar-refractivity contribution in [1.82, 2.24) is 0 Å².